The number of carbonyl (C=O) groups is 1. The molecule has 1 aromatic carbocycles. The average Bonchev–Trinajstić information content (AvgIpc) is 2.86. The van der Waals surface area contributed by atoms with Gasteiger partial charge in [-0.2, -0.15) is 0 Å². The van der Waals surface area contributed by atoms with E-state index in [1.165, 1.54) is 18.2 Å². The van der Waals surface area contributed by atoms with Gasteiger partial charge >= 0.3 is 0 Å². The minimum atomic E-state index is -0.643. The number of hydrogen-bond donors (Lipinski definition) is 2. The first-order valence-electron chi connectivity index (χ1n) is 6.92. The van der Waals surface area contributed by atoms with Crippen LogP contribution in [0.3, 0.4) is 0 Å². The number of fused-ring (bicyclic) bond motifs is 1. The number of benzene rings is 1. The molecule has 0 saturated heterocycles. The summed E-state index contributed by atoms with van der Waals surface area (Å²) < 4.78 is 18.6. The van der Waals surface area contributed by atoms with Gasteiger partial charge in [-0.3, -0.25) is 4.79 Å². The number of aliphatic hydroxyl groups excluding tert-OH is 1. The third-order valence-electron chi connectivity index (χ3n) is 3.78. The fraction of sp³-hybridized carbons (Fsp3) is 0.533. The normalized spacial score (nSPS) is 19.9. The Balaban J connectivity index is 1.87. The first kappa shape index (κ1) is 14.8. The van der Waals surface area contributed by atoms with E-state index in [4.69, 9.17) is 4.74 Å². The number of hydrogen-bond acceptors (Lipinski definition) is 3. The lowest BCUT2D eigenvalue weighted by Gasteiger charge is -2.18. The molecule has 1 aromatic rings. The van der Waals surface area contributed by atoms with Crippen LogP contribution in [0.2, 0.25) is 0 Å². The number of rotatable bonds is 5. The molecule has 0 bridgehead atoms. The summed E-state index contributed by atoms with van der Waals surface area (Å²) in [6.45, 7) is 4.13. The van der Waals surface area contributed by atoms with Crippen LogP contribution >= 0.6 is 0 Å². The van der Waals surface area contributed by atoms with Crippen molar-refractivity contribution in [2.24, 2.45) is 5.92 Å². The maximum absolute atomic E-state index is 13.1. The van der Waals surface area contributed by atoms with Gasteiger partial charge in [0.25, 0.3) is 5.91 Å². The summed E-state index contributed by atoms with van der Waals surface area (Å²) >= 11 is 0. The standard InChI is InChI=1S/C15H20FNO3/c1-3-9(2)12(18)8-17-15(19)14-7-10-6-11(16)4-5-13(10)20-14/h4-6,9,12,14,18H,3,7-8H2,1-2H3,(H,17,19). The molecule has 4 nitrogen and oxygen atoms in total. The van der Waals surface area contributed by atoms with Gasteiger partial charge in [-0.15, -0.1) is 0 Å². The van der Waals surface area contributed by atoms with E-state index in [2.05, 4.69) is 5.32 Å². The Morgan fingerprint density at radius 2 is 2.35 bits per heavy atom. The van der Waals surface area contributed by atoms with E-state index < -0.39 is 12.2 Å². The molecule has 0 radical (unpaired) electrons. The fourth-order valence-corrected chi connectivity index (χ4v) is 2.16. The second kappa shape index (κ2) is 6.22. The van der Waals surface area contributed by atoms with Gasteiger partial charge in [-0.05, 0) is 24.1 Å². The fourth-order valence-electron chi connectivity index (χ4n) is 2.16. The topological polar surface area (TPSA) is 58.6 Å². The third-order valence-corrected chi connectivity index (χ3v) is 3.78. The quantitative estimate of drug-likeness (QED) is 0.863. The molecule has 2 N–H and O–H groups in total. The molecule has 0 aliphatic carbocycles. The largest absolute Gasteiger partial charge is 0.480 e. The average molecular weight is 281 g/mol. The summed E-state index contributed by atoms with van der Waals surface area (Å²) in [6.07, 6.45) is 0.00106. The maximum atomic E-state index is 13.1. The van der Waals surface area contributed by atoms with Crippen molar-refractivity contribution in [2.75, 3.05) is 6.54 Å². The van der Waals surface area contributed by atoms with Crippen molar-refractivity contribution in [3.05, 3.63) is 29.6 Å². The smallest absolute Gasteiger partial charge is 0.261 e. The van der Waals surface area contributed by atoms with Crippen molar-refractivity contribution >= 4 is 5.91 Å². The minimum Gasteiger partial charge on any atom is -0.480 e. The lowest BCUT2D eigenvalue weighted by Crippen LogP contribution is -2.42. The molecule has 0 aromatic heterocycles. The van der Waals surface area contributed by atoms with Gasteiger partial charge in [0.2, 0.25) is 0 Å². The van der Waals surface area contributed by atoms with Crippen molar-refractivity contribution in [1.29, 1.82) is 0 Å². The number of carbonyl (C=O) groups excluding carboxylic acids is 1. The van der Waals surface area contributed by atoms with E-state index in [9.17, 15) is 14.3 Å². The van der Waals surface area contributed by atoms with Crippen LogP contribution in [-0.4, -0.2) is 29.8 Å². The Hall–Kier alpha value is -1.62. The SMILES string of the molecule is CCC(C)C(O)CNC(=O)C1Cc2cc(F)ccc2O1. The molecular weight excluding hydrogens is 261 g/mol. The number of ether oxygens (including phenoxy) is 1. The van der Waals surface area contributed by atoms with Gasteiger partial charge in [0.05, 0.1) is 6.10 Å². The minimum absolute atomic E-state index is 0.131. The predicted octanol–water partition coefficient (Wildman–Crippen LogP) is 1.65. The van der Waals surface area contributed by atoms with Crippen LogP contribution in [0.1, 0.15) is 25.8 Å². The Morgan fingerprint density at radius 1 is 1.60 bits per heavy atom. The molecule has 110 valence electrons. The highest BCUT2D eigenvalue weighted by Gasteiger charge is 2.29. The van der Waals surface area contributed by atoms with E-state index in [1.54, 1.807) is 0 Å². The zero-order valence-corrected chi connectivity index (χ0v) is 11.7. The van der Waals surface area contributed by atoms with E-state index >= 15 is 0 Å². The predicted molar refractivity (Wildman–Crippen MR) is 73.0 cm³/mol. The summed E-state index contributed by atoms with van der Waals surface area (Å²) in [5.74, 6) is 0.0738. The van der Waals surface area contributed by atoms with Gasteiger partial charge in [-0.1, -0.05) is 20.3 Å². The number of amides is 1. The Bertz CT molecular complexity index is 492. The molecule has 20 heavy (non-hydrogen) atoms. The molecule has 0 saturated carbocycles. The van der Waals surface area contributed by atoms with Crippen molar-refractivity contribution < 1.29 is 19.0 Å². The molecule has 3 unspecified atom stereocenters. The van der Waals surface area contributed by atoms with Gasteiger partial charge in [-0.25, -0.2) is 4.39 Å². The highest BCUT2D eigenvalue weighted by molar-refractivity contribution is 5.82. The van der Waals surface area contributed by atoms with E-state index in [0.717, 1.165) is 6.42 Å². The zero-order chi connectivity index (χ0) is 14.7. The van der Waals surface area contributed by atoms with Crippen LogP contribution in [-0.2, 0) is 11.2 Å². The first-order valence-corrected chi connectivity index (χ1v) is 6.92. The maximum Gasteiger partial charge on any atom is 0.261 e. The molecule has 0 fully saturated rings. The molecule has 1 heterocycles. The van der Waals surface area contributed by atoms with Gasteiger partial charge in [0, 0.05) is 18.5 Å². The van der Waals surface area contributed by atoms with Gasteiger partial charge in [0.1, 0.15) is 11.6 Å². The van der Waals surface area contributed by atoms with E-state index in [0.29, 0.717) is 17.7 Å². The van der Waals surface area contributed by atoms with Crippen LogP contribution in [0.5, 0.6) is 5.75 Å². The number of halogens is 1. The number of aliphatic hydroxyl groups is 1. The lowest BCUT2D eigenvalue weighted by atomic mass is 10.0. The molecule has 1 aliphatic rings. The van der Waals surface area contributed by atoms with Gasteiger partial charge in [0.15, 0.2) is 6.10 Å². The molecule has 1 amide bonds. The highest BCUT2D eigenvalue weighted by Crippen LogP contribution is 2.29. The van der Waals surface area contributed by atoms with Crippen molar-refractivity contribution in [3.63, 3.8) is 0 Å². The van der Waals surface area contributed by atoms with Crippen LogP contribution in [0, 0.1) is 11.7 Å². The van der Waals surface area contributed by atoms with E-state index in [-0.39, 0.29) is 24.2 Å². The van der Waals surface area contributed by atoms with E-state index in [1.807, 2.05) is 13.8 Å². The molecule has 3 atom stereocenters. The molecular formula is C15H20FNO3. The second-order valence-electron chi connectivity index (χ2n) is 5.26. The molecule has 5 heteroatoms. The van der Waals surface area contributed by atoms with Crippen LogP contribution in [0.15, 0.2) is 18.2 Å². The van der Waals surface area contributed by atoms with Crippen molar-refractivity contribution in [2.45, 2.75) is 38.9 Å². The summed E-state index contributed by atoms with van der Waals surface area (Å²) in [4.78, 5) is 12.0. The van der Waals surface area contributed by atoms with Crippen molar-refractivity contribution in [1.82, 2.24) is 5.32 Å². The lowest BCUT2D eigenvalue weighted by molar-refractivity contribution is -0.127. The van der Waals surface area contributed by atoms with Gasteiger partial charge < -0.3 is 15.2 Å². The Labute approximate surface area is 117 Å². The van der Waals surface area contributed by atoms with Crippen molar-refractivity contribution in [3.8, 4) is 5.75 Å². The summed E-state index contributed by atoms with van der Waals surface area (Å²) in [6, 6.07) is 4.23. The molecule has 0 spiro atoms. The second-order valence-corrected chi connectivity index (χ2v) is 5.26. The third kappa shape index (κ3) is 3.28. The Morgan fingerprint density at radius 3 is 3.05 bits per heavy atom. The van der Waals surface area contributed by atoms with Crippen LogP contribution < -0.4 is 10.1 Å². The van der Waals surface area contributed by atoms with Crippen LogP contribution in [0.4, 0.5) is 4.39 Å². The molecule has 1 aliphatic heterocycles. The summed E-state index contributed by atoms with van der Waals surface area (Å²) in [7, 11) is 0. The Kier molecular flexibility index (Phi) is 4.60. The number of nitrogens with one attached hydrogen (secondary N) is 1. The summed E-state index contributed by atoms with van der Waals surface area (Å²) in [5.41, 5.74) is 0.702. The monoisotopic (exact) mass is 281 g/mol. The summed E-state index contributed by atoms with van der Waals surface area (Å²) in [5, 5.41) is 12.5. The van der Waals surface area contributed by atoms with Crippen LogP contribution in [0.25, 0.3) is 0 Å². The zero-order valence-electron chi connectivity index (χ0n) is 11.7. The first-order chi connectivity index (χ1) is 9.51. The molecule has 2 rings (SSSR count). The highest BCUT2D eigenvalue weighted by atomic mass is 19.1.